The standard InChI is InChI=1S/C28H37ClN4O6S2/c1-13-8-17(34)9-14(2)18(13)11-20(31)26(37)32-21(12-40)23(35)19-10-16(29)6-7-22(19)39-27(38)24(28(4,5)41)33-25(36)15(3)30/h6-10,15,20-21,24,34,40-41H,11-12,30-31H2,1-5H3,(H,32,37)(H,33,36)/t15-,20-,21+,24-/m0/s1. The van der Waals surface area contributed by atoms with E-state index in [0.29, 0.717) is 0 Å². The van der Waals surface area contributed by atoms with Crippen LogP contribution >= 0.6 is 36.9 Å². The second-order valence-electron chi connectivity index (χ2n) is 10.4. The number of hydrogen-bond donors (Lipinski definition) is 7. The molecule has 41 heavy (non-hydrogen) atoms. The third-order valence-corrected chi connectivity index (χ3v) is 7.18. The topological polar surface area (TPSA) is 174 Å². The highest BCUT2D eigenvalue weighted by Gasteiger charge is 2.37. The lowest BCUT2D eigenvalue weighted by Crippen LogP contribution is -2.56. The number of carbonyl (C=O) groups is 4. The van der Waals surface area contributed by atoms with E-state index in [-0.39, 0.29) is 34.3 Å². The normalized spacial score (nSPS) is 14.4. The third kappa shape index (κ3) is 9.37. The SMILES string of the molecule is Cc1cc(O)cc(C)c1C[C@H](N)C(=O)N[C@H](CS)C(=O)c1cc(Cl)ccc1OC(=O)[C@H](NC(=O)[C@H](C)N)C(C)(C)S. The highest BCUT2D eigenvalue weighted by molar-refractivity contribution is 7.81. The Labute approximate surface area is 255 Å². The van der Waals surface area contributed by atoms with Gasteiger partial charge in [0.15, 0.2) is 5.78 Å². The number of esters is 1. The highest BCUT2D eigenvalue weighted by atomic mass is 35.5. The molecule has 0 bridgehead atoms. The molecule has 0 saturated carbocycles. The van der Waals surface area contributed by atoms with Crippen molar-refractivity contribution in [2.75, 3.05) is 5.75 Å². The average molecular weight is 625 g/mol. The number of thiol groups is 2. The number of ketones is 1. The summed E-state index contributed by atoms with van der Waals surface area (Å²) in [5.41, 5.74) is 14.1. The van der Waals surface area contributed by atoms with Crippen molar-refractivity contribution in [3.05, 3.63) is 57.6 Å². The highest BCUT2D eigenvalue weighted by Crippen LogP contribution is 2.27. The Morgan fingerprint density at radius 3 is 2.15 bits per heavy atom. The second kappa shape index (κ2) is 14.4. The predicted octanol–water partition coefficient (Wildman–Crippen LogP) is 2.28. The van der Waals surface area contributed by atoms with Gasteiger partial charge >= 0.3 is 5.97 Å². The first kappa shape index (κ1) is 34.4. The Bertz CT molecular complexity index is 1290. The lowest BCUT2D eigenvalue weighted by Gasteiger charge is -2.29. The molecule has 0 fully saturated rings. The number of ether oxygens (including phenoxy) is 1. The summed E-state index contributed by atoms with van der Waals surface area (Å²) in [7, 11) is 0. The summed E-state index contributed by atoms with van der Waals surface area (Å²) in [5, 5.41) is 15.1. The van der Waals surface area contributed by atoms with Crippen LogP contribution < -0.4 is 26.8 Å². The van der Waals surface area contributed by atoms with Crippen LogP contribution in [0.2, 0.25) is 5.02 Å². The minimum atomic E-state index is -1.21. The Kier molecular flexibility index (Phi) is 12.1. The summed E-state index contributed by atoms with van der Waals surface area (Å²) >= 11 is 14.8. The van der Waals surface area contributed by atoms with Crippen molar-refractivity contribution >= 4 is 60.4 Å². The van der Waals surface area contributed by atoms with E-state index in [4.69, 9.17) is 27.8 Å². The molecule has 0 saturated heterocycles. The molecule has 0 aromatic heterocycles. The van der Waals surface area contributed by atoms with Crippen LogP contribution in [0.15, 0.2) is 30.3 Å². The molecule has 0 unspecified atom stereocenters. The molecule has 0 radical (unpaired) electrons. The van der Waals surface area contributed by atoms with E-state index in [0.717, 1.165) is 16.7 Å². The number of phenols is 1. The Balaban J connectivity index is 2.28. The van der Waals surface area contributed by atoms with E-state index >= 15 is 0 Å². The van der Waals surface area contributed by atoms with Gasteiger partial charge in [-0.25, -0.2) is 4.79 Å². The molecule has 0 aliphatic heterocycles. The molecule has 0 aliphatic carbocycles. The van der Waals surface area contributed by atoms with Crippen molar-refractivity contribution in [1.82, 2.24) is 10.6 Å². The number of benzene rings is 2. The first-order valence-corrected chi connectivity index (χ1v) is 14.2. The molecule has 10 nitrogen and oxygen atoms in total. The molecule has 2 rings (SSSR count). The first-order valence-electron chi connectivity index (χ1n) is 12.8. The number of rotatable bonds is 12. The fraction of sp³-hybridized carbons (Fsp3) is 0.429. The molecule has 2 aromatic carbocycles. The van der Waals surface area contributed by atoms with Gasteiger partial charge in [-0.05, 0) is 88.1 Å². The molecule has 7 N–H and O–H groups in total. The van der Waals surface area contributed by atoms with E-state index in [2.05, 4.69) is 35.9 Å². The summed E-state index contributed by atoms with van der Waals surface area (Å²) in [5.74, 6) is -2.81. The van der Waals surface area contributed by atoms with Crippen molar-refractivity contribution < 1.29 is 29.0 Å². The first-order chi connectivity index (χ1) is 19.0. The van der Waals surface area contributed by atoms with Gasteiger partial charge in [0.1, 0.15) is 23.6 Å². The number of Topliss-reactive ketones (excluding diaryl/α,β-unsaturated/α-hetero) is 1. The molecule has 0 heterocycles. The average Bonchev–Trinajstić information content (AvgIpc) is 2.87. The molecule has 2 aromatic rings. The van der Waals surface area contributed by atoms with Gasteiger partial charge in [-0.3, -0.25) is 14.4 Å². The maximum atomic E-state index is 13.5. The molecular formula is C28H37ClN4O6S2. The van der Waals surface area contributed by atoms with Crippen LogP contribution in [0.4, 0.5) is 0 Å². The molecular weight excluding hydrogens is 588 g/mol. The smallest absolute Gasteiger partial charge is 0.335 e. The van der Waals surface area contributed by atoms with Crippen LogP contribution in [0.3, 0.4) is 0 Å². The van der Waals surface area contributed by atoms with Crippen LogP contribution in [0, 0.1) is 13.8 Å². The van der Waals surface area contributed by atoms with Gasteiger partial charge in [0.25, 0.3) is 0 Å². The zero-order chi connectivity index (χ0) is 31.2. The number of nitrogens with one attached hydrogen (secondary N) is 2. The summed E-state index contributed by atoms with van der Waals surface area (Å²) < 4.78 is 4.50. The third-order valence-electron chi connectivity index (χ3n) is 6.32. The Morgan fingerprint density at radius 2 is 1.63 bits per heavy atom. The number of amides is 2. The van der Waals surface area contributed by atoms with Crippen molar-refractivity contribution in [2.24, 2.45) is 11.5 Å². The lowest BCUT2D eigenvalue weighted by molar-refractivity contribution is -0.140. The zero-order valence-corrected chi connectivity index (χ0v) is 26.1. The Morgan fingerprint density at radius 1 is 1.05 bits per heavy atom. The summed E-state index contributed by atoms with van der Waals surface area (Å²) in [6.45, 7) is 8.28. The number of nitrogens with two attached hydrogens (primary N) is 2. The zero-order valence-electron chi connectivity index (χ0n) is 23.5. The number of aryl methyl sites for hydroxylation is 2. The summed E-state index contributed by atoms with van der Waals surface area (Å²) in [6, 6.07) is 2.99. The molecule has 0 aliphatic rings. The van der Waals surface area contributed by atoms with E-state index < -0.39 is 52.5 Å². The number of carbonyl (C=O) groups excluding carboxylic acids is 4. The van der Waals surface area contributed by atoms with E-state index in [9.17, 15) is 24.3 Å². The fourth-order valence-electron chi connectivity index (χ4n) is 4.01. The van der Waals surface area contributed by atoms with Crippen LogP contribution in [0.5, 0.6) is 11.5 Å². The van der Waals surface area contributed by atoms with Gasteiger partial charge in [-0.2, -0.15) is 25.3 Å². The van der Waals surface area contributed by atoms with Gasteiger partial charge in [0.05, 0.1) is 17.6 Å². The number of halogens is 1. The van der Waals surface area contributed by atoms with Crippen LogP contribution in [0.1, 0.15) is 47.8 Å². The quantitative estimate of drug-likeness (QED) is 0.0815. The molecule has 4 atom stereocenters. The van der Waals surface area contributed by atoms with Crippen LogP contribution in [-0.4, -0.2) is 63.3 Å². The van der Waals surface area contributed by atoms with Crippen LogP contribution in [0.25, 0.3) is 0 Å². The van der Waals surface area contributed by atoms with Gasteiger partial charge in [0.2, 0.25) is 11.8 Å². The monoisotopic (exact) mass is 624 g/mol. The lowest BCUT2D eigenvalue weighted by atomic mass is 9.95. The molecule has 0 spiro atoms. The predicted molar refractivity (Wildman–Crippen MR) is 165 cm³/mol. The number of phenolic OH excluding ortho intramolecular Hbond substituents is 1. The summed E-state index contributed by atoms with van der Waals surface area (Å²) in [6.07, 6.45) is 0.172. The Hall–Kier alpha value is -2.77. The van der Waals surface area contributed by atoms with E-state index in [1.54, 1.807) is 39.8 Å². The van der Waals surface area contributed by atoms with E-state index in [1.807, 2.05) is 0 Å². The van der Waals surface area contributed by atoms with Gasteiger partial charge in [-0.1, -0.05) is 11.6 Å². The number of aromatic hydroxyl groups is 1. The van der Waals surface area contributed by atoms with Crippen LogP contribution in [-0.2, 0) is 20.8 Å². The molecule has 224 valence electrons. The minimum absolute atomic E-state index is 0.0850. The molecule has 13 heteroatoms. The van der Waals surface area contributed by atoms with Gasteiger partial charge in [-0.15, -0.1) is 0 Å². The van der Waals surface area contributed by atoms with Crippen molar-refractivity contribution in [2.45, 2.75) is 70.0 Å². The molecule has 2 amide bonds. The maximum absolute atomic E-state index is 13.5. The second-order valence-corrected chi connectivity index (χ2v) is 12.4. The minimum Gasteiger partial charge on any atom is -0.508 e. The van der Waals surface area contributed by atoms with Gasteiger partial charge in [0, 0.05) is 15.5 Å². The maximum Gasteiger partial charge on any atom is 0.335 e. The van der Waals surface area contributed by atoms with E-state index in [1.165, 1.54) is 25.1 Å². The van der Waals surface area contributed by atoms with Crippen molar-refractivity contribution in [3.63, 3.8) is 0 Å². The largest absolute Gasteiger partial charge is 0.508 e. The fourth-order valence-corrected chi connectivity index (χ4v) is 4.61. The summed E-state index contributed by atoms with van der Waals surface area (Å²) in [4.78, 5) is 51.9. The van der Waals surface area contributed by atoms with Crippen molar-refractivity contribution in [3.8, 4) is 11.5 Å². The van der Waals surface area contributed by atoms with Gasteiger partial charge < -0.3 is 31.9 Å². The van der Waals surface area contributed by atoms with Crippen molar-refractivity contribution in [1.29, 1.82) is 0 Å². The number of hydrogen-bond acceptors (Lipinski definition) is 10.